The zero-order chi connectivity index (χ0) is 28.8. The molecule has 0 radical (unpaired) electrons. The van der Waals surface area contributed by atoms with E-state index in [1.54, 1.807) is 6.07 Å². The molecule has 0 spiro atoms. The van der Waals surface area contributed by atoms with E-state index in [0.717, 1.165) is 25.7 Å². The molecule has 2 N–H and O–H groups in total. The molecule has 3 fully saturated rings. The van der Waals surface area contributed by atoms with Crippen molar-refractivity contribution in [1.82, 2.24) is 19.8 Å². The van der Waals surface area contributed by atoms with Crippen molar-refractivity contribution in [2.45, 2.75) is 70.6 Å². The first-order valence-corrected chi connectivity index (χ1v) is 13.9. The van der Waals surface area contributed by atoms with Gasteiger partial charge in [0, 0.05) is 50.1 Å². The van der Waals surface area contributed by atoms with Gasteiger partial charge in [0.1, 0.15) is 16.9 Å². The second-order valence-electron chi connectivity index (χ2n) is 11.8. The summed E-state index contributed by atoms with van der Waals surface area (Å²) in [6.07, 6.45) is 3.93. The number of nitrogen functional groups attached to an aromatic ring is 1. The largest absolute Gasteiger partial charge is 0.493 e. The lowest BCUT2D eigenvalue weighted by molar-refractivity contribution is -0.132. The molecule has 2 amide bonds. The van der Waals surface area contributed by atoms with Gasteiger partial charge in [-0.15, -0.1) is 0 Å². The highest BCUT2D eigenvalue weighted by molar-refractivity contribution is 5.92. The van der Waals surface area contributed by atoms with Crippen LogP contribution >= 0.6 is 0 Å². The van der Waals surface area contributed by atoms with Gasteiger partial charge in [-0.3, -0.25) is 4.79 Å². The molecule has 0 bridgehead atoms. The smallest absolute Gasteiger partial charge is 0.410 e. The second kappa shape index (κ2) is 10.8. The van der Waals surface area contributed by atoms with E-state index in [1.165, 1.54) is 14.2 Å². The minimum atomic E-state index is -0.670. The van der Waals surface area contributed by atoms with Crippen LogP contribution in [0, 0.1) is 11.7 Å². The fourth-order valence-electron chi connectivity index (χ4n) is 6.34. The van der Waals surface area contributed by atoms with Gasteiger partial charge in [-0.05, 0) is 52.0 Å². The van der Waals surface area contributed by atoms with Crippen LogP contribution in [0.1, 0.15) is 52.9 Å². The monoisotopic (exact) mass is 558 g/mol. The van der Waals surface area contributed by atoms with Crippen LogP contribution in [0.25, 0.3) is 10.9 Å². The Balaban J connectivity index is 1.26. The van der Waals surface area contributed by atoms with Gasteiger partial charge in [0.25, 0.3) is 0 Å². The third-order valence-corrected chi connectivity index (χ3v) is 8.17. The lowest BCUT2D eigenvalue weighted by Crippen LogP contribution is -2.51. The van der Waals surface area contributed by atoms with Gasteiger partial charge in [-0.1, -0.05) is 6.42 Å². The number of aromatic nitrogens is 2. The Morgan fingerprint density at radius 3 is 2.48 bits per heavy atom. The van der Waals surface area contributed by atoms with Crippen LogP contribution in [0.15, 0.2) is 6.07 Å². The van der Waals surface area contributed by atoms with Crippen LogP contribution in [0.3, 0.4) is 0 Å². The van der Waals surface area contributed by atoms with Crippen molar-refractivity contribution in [3.05, 3.63) is 11.9 Å². The molecule has 1 aromatic carbocycles. The minimum absolute atomic E-state index is 0.0139. The summed E-state index contributed by atoms with van der Waals surface area (Å²) in [4.78, 5) is 40.9. The van der Waals surface area contributed by atoms with E-state index in [9.17, 15) is 9.59 Å². The Morgan fingerprint density at radius 1 is 1.10 bits per heavy atom. The van der Waals surface area contributed by atoms with Gasteiger partial charge in [0.2, 0.25) is 11.9 Å². The van der Waals surface area contributed by atoms with E-state index >= 15 is 4.39 Å². The predicted molar refractivity (Wildman–Crippen MR) is 148 cm³/mol. The predicted octanol–water partition coefficient (Wildman–Crippen LogP) is 3.59. The van der Waals surface area contributed by atoms with E-state index < -0.39 is 11.4 Å². The molecule has 40 heavy (non-hydrogen) atoms. The number of fused-ring (bicyclic) bond motifs is 2. The number of hydrogen-bond donors (Lipinski definition) is 1. The first kappa shape index (κ1) is 28.0. The third-order valence-electron chi connectivity index (χ3n) is 8.17. The van der Waals surface area contributed by atoms with Gasteiger partial charge in [-0.2, -0.15) is 4.98 Å². The van der Waals surface area contributed by atoms with Gasteiger partial charge >= 0.3 is 6.09 Å². The van der Waals surface area contributed by atoms with Crippen molar-refractivity contribution in [3.63, 3.8) is 0 Å². The van der Waals surface area contributed by atoms with Crippen LogP contribution in [0.5, 0.6) is 11.5 Å². The highest BCUT2D eigenvalue weighted by atomic mass is 19.1. The highest BCUT2D eigenvalue weighted by Gasteiger charge is 2.48. The fraction of sp³-hybridized carbons (Fsp3) is 0.643. The summed E-state index contributed by atoms with van der Waals surface area (Å²) in [5.41, 5.74) is 5.64. The number of benzene rings is 1. The van der Waals surface area contributed by atoms with Crippen LogP contribution in [-0.2, 0) is 9.53 Å². The van der Waals surface area contributed by atoms with Crippen molar-refractivity contribution in [2.75, 3.05) is 51.0 Å². The average molecular weight is 559 g/mol. The van der Waals surface area contributed by atoms with Crippen LogP contribution in [0.2, 0.25) is 0 Å². The number of ether oxygens (including phenoxy) is 3. The van der Waals surface area contributed by atoms with Crippen molar-refractivity contribution in [2.24, 2.45) is 5.92 Å². The van der Waals surface area contributed by atoms with Gasteiger partial charge in [0.05, 0.1) is 14.2 Å². The number of nitrogens with two attached hydrogens (primary N) is 1. The molecule has 11 nitrogen and oxygen atoms in total. The molecule has 5 rings (SSSR count). The van der Waals surface area contributed by atoms with Crippen molar-refractivity contribution in [3.8, 4) is 11.5 Å². The third kappa shape index (κ3) is 5.27. The molecule has 2 aliphatic heterocycles. The Bertz CT molecular complexity index is 1290. The number of hydrogen-bond acceptors (Lipinski definition) is 9. The average Bonchev–Trinajstić information content (AvgIpc) is 3.48. The molecule has 3 aliphatic rings. The Hall–Kier alpha value is -3.57. The van der Waals surface area contributed by atoms with Gasteiger partial charge in [0.15, 0.2) is 17.3 Å². The zero-order valence-corrected chi connectivity index (χ0v) is 23.9. The molecule has 12 heteroatoms. The van der Waals surface area contributed by atoms with E-state index in [0.29, 0.717) is 43.4 Å². The molecule has 2 saturated heterocycles. The summed E-state index contributed by atoms with van der Waals surface area (Å²) in [6.45, 7) is 7.44. The molecule has 1 aliphatic carbocycles. The van der Waals surface area contributed by atoms with Crippen molar-refractivity contribution >= 4 is 34.7 Å². The minimum Gasteiger partial charge on any atom is -0.493 e. The first-order valence-electron chi connectivity index (χ1n) is 13.9. The first-order chi connectivity index (χ1) is 19.0. The maximum Gasteiger partial charge on any atom is 0.410 e. The molecule has 3 heterocycles. The number of halogens is 1. The van der Waals surface area contributed by atoms with Crippen LogP contribution in [0.4, 0.5) is 21.0 Å². The number of carbonyl (C=O) groups is 2. The van der Waals surface area contributed by atoms with Crippen molar-refractivity contribution in [1.29, 1.82) is 0 Å². The maximum atomic E-state index is 15.2. The van der Waals surface area contributed by atoms with E-state index in [2.05, 4.69) is 9.97 Å². The zero-order valence-electron chi connectivity index (χ0n) is 23.9. The summed E-state index contributed by atoms with van der Waals surface area (Å²) < 4.78 is 31.3. The summed E-state index contributed by atoms with van der Waals surface area (Å²) in [7, 11) is 2.78. The number of piperazine rings is 1. The van der Waals surface area contributed by atoms with E-state index in [-0.39, 0.29) is 53.3 Å². The standard InChI is InChI=1S/C28H39FN6O5/c1-28(2,3)40-27(37)35-17(13-16-7-6-8-19(16)35)14-21(36)33-9-11-34(12-10-33)26-31-23-18(25(30)32-26)15-20(38-4)24(39-5)22(23)29/h15-17,19H,6-14H2,1-5H3,(H2,30,31,32)/t16-,17-,19-/m0/s1. The Morgan fingerprint density at radius 2 is 1.82 bits per heavy atom. The Labute approximate surface area is 233 Å². The topological polar surface area (TPSA) is 123 Å². The summed E-state index contributed by atoms with van der Waals surface area (Å²) >= 11 is 0. The van der Waals surface area contributed by atoms with Gasteiger partial charge in [-0.25, -0.2) is 14.2 Å². The SMILES string of the molecule is COc1cc2c(N)nc(N3CCN(C(=O)C[C@@H]4C[C@@H]5CCC[C@@H]5N4C(=O)OC(C)(C)C)CC3)nc2c(F)c1OC. The highest BCUT2D eigenvalue weighted by Crippen LogP contribution is 2.43. The molecular formula is C28H39FN6O5. The molecule has 1 aromatic heterocycles. The van der Waals surface area contributed by atoms with Crippen molar-refractivity contribution < 1.29 is 28.2 Å². The van der Waals surface area contributed by atoms with Crippen LogP contribution < -0.4 is 20.1 Å². The summed E-state index contributed by atoms with van der Waals surface area (Å²) in [5, 5.41) is 0.337. The molecule has 3 atom stereocenters. The number of likely N-dealkylation sites (tertiary alicyclic amines) is 1. The molecular weight excluding hydrogens is 519 g/mol. The number of carbonyl (C=O) groups excluding carboxylic acids is 2. The number of nitrogens with zero attached hydrogens (tertiary/aromatic N) is 5. The van der Waals surface area contributed by atoms with E-state index in [4.69, 9.17) is 19.9 Å². The number of rotatable bonds is 5. The second-order valence-corrected chi connectivity index (χ2v) is 11.8. The molecule has 1 saturated carbocycles. The summed E-state index contributed by atoms with van der Waals surface area (Å²) in [5.74, 6) is 0.355. The molecule has 218 valence electrons. The lowest BCUT2D eigenvalue weighted by atomic mass is 10.0. The van der Waals surface area contributed by atoms with Gasteiger partial charge < -0.3 is 34.6 Å². The maximum absolute atomic E-state index is 15.2. The normalized spacial score (nSPS) is 22.9. The lowest BCUT2D eigenvalue weighted by Gasteiger charge is -2.36. The van der Waals surface area contributed by atoms with Crippen LogP contribution in [-0.4, -0.2) is 89.9 Å². The quantitative estimate of drug-likeness (QED) is 0.586. The summed E-state index contributed by atoms with van der Waals surface area (Å²) in [6, 6.07) is 1.55. The molecule has 0 unspecified atom stereocenters. The fourth-order valence-corrected chi connectivity index (χ4v) is 6.34. The number of methoxy groups -OCH3 is 2. The number of anilines is 2. The number of amides is 2. The molecule has 2 aromatic rings. The van der Waals surface area contributed by atoms with E-state index in [1.807, 2.05) is 35.5 Å². The Kier molecular flexibility index (Phi) is 7.54.